The van der Waals surface area contributed by atoms with Gasteiger partial charge in [0.2, 0.25) is 11.8 Å². The summed E-state index contributed by atoms with van der Waals surface area (Å²) in [7, 11) is 0. The van der Waals surface area contributed by atoms with E-state index in [0.717, 1.165) is 24.2 Å². The number of hydrogen-bond donors (Lipinski definition) is 0. The normalized spacial score (nSPS) is 10.9. The van der Waals surface area contributed by atoms with Gasteiger partial charge in [-0.3, -0.25) is 9.69 Å². The summed E-state index contributed by atoms with van der Waals surface area (Å²) in [5.41, 5.74) is 1.02. The van der Waals surface area contributed by atoms with Crippen molar-refractivity contribution in [2.45, 2.75) is 33.6 Å². The van der Waals surface area contributed by atoms with Crippen molar-refractivity contribution in [1.29, 1.82) is 0 Å². The van der Waals surface area contributed by atoms with Gasteiger partial charge in [0.15, 0.2) is 0 Å². The van der Waals surface area contributed by atoms with Gasteiger partial charge in [0.05, 0.1) is 0 Å². The Labute approximate surface area is 126 Å². The third-order valence-corrected chi connectivity index (χ3v) is 3.41. The molecule has 1 heterocycles. The summed E-state index contributed by atoms with van der Waals surface area (Å²) in [4.78, 5) is 14.1. The van der Waals surface area contributed by atoms with Crippen molar-refractivity contribution in [3.8, 4) is 11.3 Å². The van der Waals surface area contributed by atoms with E-state index in [1.54, 1.807) is 4.90 Å². The number of rotatable bonds is 6. The summed E-state index contributed by atoms with van der Waals surface area (Å²) in [5.74, 6) is 1.51. The molecule has 0 saturated heterocycles. The lowest BCUT2D eigenvalue weighted by Crippen LogP contribution is -2.34. The Hall–Kier alpha value is -2.03. The quantitative estimate of drug-likeness (QED) is 0.768. The van der Waals surface area contributed by atoms with Crippen LogP contribution in [0.1, 0.15) is 33.6 Å². The van der Waals surface area contributed by atoms with Gasteiger partial charge in [0.1, 0.15) is 5.76 Å². The summed E-state index contributed by atoms with van der Waals surface area (Å²) in [6.07, 6.45) is 2.02. The van der Waals surface area contributed by atoms with E-state index in [1.165, 1.54) is 0 Å². The molecule has 0 saturated carbocycles. The van der Waals surface area contributed by atoms with Crippen molar-refractivity contribution in [3.63, 3.8) is 0 Å². The summed E-state index contributed by atoms with van der Waals surface area (Å²) in [6, 6.07) is 13.8. The van der Waals surface area contributed by atoms with Crippen LogP contribution in [-0.4, -0.2) is 12.5 Å². The lowest BCUT2D eigenvalue weighted by atomic mass is 10.2. The molecule has 1 aromatic carbocycles. The Kier molecular flexibility index (Phi) is 5.20. The number of carbonyl (C=O) groups is 1. The number of unbranched alkanes of at least 4 members (excludes halogenated alkanes) is 1. The van der Waals surface area contributed by atoms with Crippen LogP contribution >= 0.6 is 0 Å². The lowest BCUT2D eigenvalue weighted by molar-refractivity contribution is -0.121. The first-order valence-electron chi connectivity index (χ1n) is 7.60. The zero-order chi connectivity index (χ0) is 15.2. The largest absolute Gasteiger partial charge is 0.440 e. The second-order valence-electron chi connectivity index (χ2n) is 5.50. The fraction of sp³-hybridized carbons (Fsp3) is 0.389. The van der Waals surface area contributed by atoms with Crippen molar-refractivity contribution >= 4 is 11.8 Å². The molecule has 2 aromatic rings. The molecule has 0 atom stereocenters. The van der Waals surface area contributed by atoms with Gasteiger partial charge in [-0.2, -0.15) is 0 Å². The van der Waals surface area contributed by atoms with E-state index in [2.05, 4.69) is 6.92 Å². The van der Waals surface area contributed by atoms with E-state index < -0.39 is 0 Å². The first-order valence-corrected chi connectivity index (χ1v) is 7.60. The third-order valence-electron chi connectivity index (χ3n) is 3.41. The van der Waals surface area contributed by atoms with Crippen molar-refractivity contribution in [2.24, 2.45) is 5.92 Å². The molecule has 1 aromatic heterocycles. The highest BCUT2D eigenvalue weighted by Gasteiger charge is 2.21. The Morgan fingerprint density at radius 3 is 2.48 bits per heavy atom. The molecule has 21 heavy (non-hydrogen) atoms. The fourth-order valence-corrected chi connectivity index (χ4v) is 2.19. The lowest BCUT2D eigenvalue weighted by Gasteiger charge is -2.21. The van der Waals surface area contributed by atoms with E-state index in [-0.39, 0.29) is 11.8 Å². The number of carbonyl (C=O) groups excluding carboxylic acids is 1. The van der Waals surface area contributed by atoms with Crippen LogP contribution in [-0.2, 0) is 4.79 Å². The summed E-state index contributed by atoms with van der Waals surface area (Å²) < 4.78 is 5.91. The SMILES string of the molecule is CCCCN(C(=O)C(C)C)c1ccc(-c2ccccc2)o1. The van der Waals surface area contributed by atoms with Crippen LogP contribution in [0.2, 0.25) is 0 Å². The van der Waals surface area contributed by atoms with Gasteiger partial charge in [-0.05, 0) is 12.5 Å². The highest BCUT2D eigenvalue weighted by Crippen LogP contribution is 2.28. The maximum atomic E-state index is 12.4. The minimum atomic E-state index is -0.0351. The van der Waals surface area contributed by atoms with Crippen LogP contribution in [0.3, 0.4) is 0 Å². The van der Waals surface area contributed by atoms with Gasteiger partial charge in [-0.1, -0.05) is 57.5 Å². The number of hydrogen-bond acceptors (Lipinski definition) is 2. The van der Waals surface area contributed by atoms with Gasteiger partial charge in [0, 0.05) is 24.1 Å². The maximum Gasteiger partial charge on any atom is 0.231 e. The Morgan fingerprint density at radius 2 is 1.86 bits per heavy atom. The van der Waals surface area contributed by atoms with Gasteiger partial charge in [-0.15, -0.1) is 0 Å². The molecule has 2 rings (SSSR count). The molecule has 0 fully saturated rings. The number of benzene rings is 1. The minimum Gasteiger partial charge on any atom is -0.440 e. The maximum absolute atomic E-state index is 12.4. The predicted molar refractivity (Wildman–Crippen MR) is 86.2 cm³/mol. The molecule has 0 bridgehead atoms. The van der Waals surface area contributed by atoms with Crippen molar-refractivity contribution in [3.05, 3.63) is 42.5 Å². The molecule has 112 valence electrons. The second kappa shape index (κ2) is 7.11. The van der Waals surface area contributed by atoms with Crippen molar-refractivity contribution in [2.75, 3.05) is 11.4 Å². The van der Waals surface area contributed by atoms with Crippen LogP contribution in [0.25, 0.3) is 11.3 Å². The zero-order valence-corrected chi connectivity index (χ0v) is 13.0. The van der Waals surface area contributed by atoms with E-state index in [1.807, 2.05) is 56.3 Å². The highest BCUT2D eigenvalue weighted by atomic mass is 16.4. The predicted octanol–water partition coefficient (Wildman–Crippen LogP) is 4.74. The molecule has 0 unspecified atom stereocenters. The molecule has 3 nitrogen and oxygen atoms in total. The molecule has 0 aliphatic carbocycles. The standard InChI is InChI=1S/C18H23NO2/c1-4-5-13-19(18(20)14(2)3)17-12-11-16(21-17)15-9-7-6-8-10-15/h6-12,14H,4-5,13H2,1-3H3. The van der Waals surface area contributed by atoms with Gasteiger partial charge >= 0.3 is 0 Å². The molecular formula is C18H23NO2. The number of anilines is 1. The van der Waals surface area contributed by atoms with Gasteiger partial charge in [-0.25, -0.2) is 0 Å². The van der Waals surface area contributed by atoms with Gasteiger partial charge in [0.25, 0.3) is 0 Å². The Balaban J connectivity index is 2.25. The Morgan fingerprint density at radius 1 is 1.14 bits per heavy atom. The first-order chi connectivity index (χ1) is 10.1. The topological polar surface area (TPSA) is 33.5 Å². The number of nitrogens with zero attached hydrogens (tertiary/aromatic N) is 1. The molecule has 0 radical (unpaired) electrons. The summed E-state index contributed by atoms with van der Waals surface area (Å²) >= 11 is 0. The van der Waals surface area contributed by atoms with Crippen LogP contribution in [0.15, 0.2) is 46.9 Å². The van der Waals surface area contributed by atoms with Crippen molar-refractivity contribution in [1.82, 2.24) is 0 Å². The number of amides is 1. The Bertz CT molecular complexity index is 572. The average molecular weight is 285 g/mol. The summed E-state index contributed by atoms with van der Waals surface area (Å²) in [6.45, 7) is 6.66. The zero-order valence-electron chi connectivity index (χ0n) is 13.0. The van der Waals surface area contributed by atoms with Crippen LogP contribution in [0.4, 0.5) is 5.88 Å². The van der Waals surface area contributed by atoms with Gasteiger partial charge < -0.3 is 4.42 Å². The molecule has 0 spiro atoms. The van der Waals surface area contributed by atoms with Crippen LogP contribution in [0, 0.1) is 5.92 Å². The smallest absolute Gasteiger partial charge is 0.231 e. The molecular weight excluding hydrogens is 262 g/mol. The van der Waals surface area contributed by atoms with Crippen molar-refractivity contribution < 1.29 is 9.21 Å². The van der Waals surface area contributed by atoms with Crippen LogP contribution in [0.5, 0.6) is 0 Å². The van der Waals surface area contributed by atoms with E-state index in [9.17, 15) is 4.79 Å². The molecule has 0 aliphatic heterocycles. The average Bonchev–Trinajstić information content (AvgIpc) is 2.98. The fourth-order valence-electron chi connectivity index (χ4n) is 2.19. The molecule has 0 aliphatic rings. The third kappa shape index (κ3) is 3.75. The molecule has 3 heteroatoms. The van der Waals surface area contributed by atoms with E-state index >= 15 is 0 Å². The first kappa shape index (κ1) is 15.4. The van der Waals surface area contributed by atoms with E-state index in [4.69, 9.17) is 4.42 Å². The monoisotopic (exact) mass is 285 g/mol. The van der Waals surface area contributed by atoms with Crippen LogP contribution < -0.4 is 4.90 Å². The summed E-state index contributed by atoms with van der Waals surface area (Å²) in [5, 5.41) is 0. The highest BCUT2D eigenvalue weighted by molar-refractivity contribution is 5.93. The molecule has 0 N–H and O–H groups in total. The minimum absolute atomic E-state index is 0.0351. The molecule has 1 amide bonds. The second-order valence-corrected chi connectivity index (χ2v) is 5.50. The number of furan rings is 1. The van der Waals surface area contributed by atoms with E-state index in [0.29, 0.717) is 12.4 Å².